The number of anilines is 1. The van der Waals surface area contributed by atoms with Gasteiger partial charge in [-0.15, -0.1) is 0 Å². The van der Waals surface area contributed by atoms with Gasteiger partial charge in [-0.2, -0.15) is 0 Å². The monoisotopic (exact) mass is 256 g/mol. The molecule has 0 saturated carbocycles. The van der Waals surface area contributed by atoms with Crippen molar-refractivity contribution in [2.45, 2.75) is 19.4 Å². The summed E-state index contributed by atoms with van der Waals surface area (Å²) < 4.78 is 0. The molecule has 0 amide bonds. The van der Waals surface area contributed by atoms with E-state index in [-0.39, 0.29) is 22.4 Å². The molecular formula is C9H9ClN4O3. The Bertz CT molecular complexity index is 517. The number of nitrogens with two attached hydrogens (primary N) is 1. The Hall–Kier alpha value is -1.89. The van der Waals surface area contributed by atoms with Gasteiger partial charge in [-0.05, 0) is 6.92 Å². The molecule has 1 aromatic heterocycles. The molecule has 90 valence electrons. The number of nitrogen functional groups attached to an aromatic ring is 1. The minimum absolute atomic E-state index is 0.0813. The molecule has 8 heteroatoms. The molecule has 0 fully saturated rings. The predicted molar refractivity (Wildman–Crippen MR) is 60.0 cm³/mol. The molecule has 3 N–H and O–H groups in total. The Kier molecular flexibility index (Phi) is 2.84. The van der Waals surface area contributed by atoms with Crippen LogP contribution < -0.4 is 5.73 Å². The van der Waals surface area contributed by atoms with Crippen molar-refractivity contribution in [3.63, 3.8) is 0 Å². The first-order valence-electron chi connectivity index (χ1n) is 4.74. The van der Waals surface area contributed by atoms with Crippen molar-refractivity contribution in [3.05, 3.63) is 16.5 Å². The van der Waals surface area contributed by atoms with Crippen LogP contribution in [0.15, 0.2) is 5.16 Å². The van der Waals surface area contributed by atoms with Gasteiger partial charge in [-0.3, -0.25) is 0 Å². The highest BCUT2D eigenvalue weighted by Gasteiger charge is 2.26. The fourth-order valence-corrected chi connectivity index (χ4v) is 1.57. The van der Waals surface area contributed by atoms with E-state index in [4.69, 9.17) is 27.3 Å². The third kappa shape index (κ3) is 2.14. The molecule has 0 spiro atoms. The van der Waals surface area contributed by atoms with E-state index in [1.165, 1.54) is 0 Å². The largest absolute Gasteiger partial charge is 0.476 e. The molecule has 1 aliphatic rings. The summed E-state index contributed by atoms with van der Waals surface area (Å²) in [4.78, 5) is 23.7. The molecule has 0 radical (unpaired) electrons. The van der Waals surface area contributed by atoms with Crippen LogP contribution in [0.3, 0.4) is 0 Å². The number of oxime groups is 1. The molecule has 1 aliphatic heterocycles. The smallest absolute Gasteiger partial charge is 0.356 e. The third-order valence-electron chi connectivity index (χ3n) is 2.20. The van der Waals surface area contributed by atoms with Gasteiger partial charge in [0.05, 0.1) is 5.71 Å². The molecule has 1 unspecified atom stereocenters. The SMILES string of the molecule is CC1=NOC(c2nc(N)c(Cl)c(C(=O)O)n2)C1. The number of nitrogens with zero attached hydrogens (tertiary/aromatic N) is 3. The number of hydrogen-bond donors (Lipinski definition) is 2. The summed E-state index contributed by atoms with van der Waals surface area (Å²) in [6.45, 7) is 1.79. The zero-order chi connectivity index (χ0) is 12.6. The Morgan fingerprint density at radius 2 is 2.29 bits per heavy atom. The number of carboxylic acids is 1. The van der Waals surface area contributed by atoms with Crippen LogP contribution in [0.5, 0.6) is 0 Å². The van der Waals surface area contributed by atoms with Crippen LogP contribution in [0.1, 0.15) is 35.8 Å². The first-order chi connectivity index (χ1) is 7.99. The number of rotatable bonds is 2. The van der Waals surface area contributed by atoms with Gasteiger partial charge >= 0.3 is 5.97 Å². The number of halogens is 1. The highest BCUT2D eigenvalue weighted by molar-refractivity contribution is 6.35. The first kappa shape index (κ1) is 11.6. The molecule has 0 bridgehead atoms. The fourth-order valence-electron chi connectivity index (χ4n) is 1.40. The standard InChI is InChI=1S/C9H9ClN4O3/c1-3-2-4(17-14-3)8-12-6(9(15)16)5(10)7(11)13-8/h4H,2H2,1H3,(H,15,16)(H2,11,12,13). The van der Waals surface area contributed by atoms with Gasteiger partial charge < -0.3 is 15.7 Å². The molecule has 0 saturated heterocycles. The Balaban J connectivity index is 2.40. The van der Waals surface area contributed by atoms with Gasteiger partial charge in [-0.25, -0.2) is 14.8 Å². The zero-order valence-electron chi connectivity index (χ0n) is 8.85. The summed E-state index contributed by atoms with van der Waals surface area (Å²) >= 11 is 5.70. The predicted octanol–water partition coefficient (Wildman–Crippen LogP) is 1.25. The highest BCUT2D eigenvalue weighted by Crippen LogP contribution is 2.28. The van der Waals surface area contributed by atoms with E-state index in [0.717, 1.165) is 5.71 Å². The normalized spacial score (nSPS) is 18.7. The molecular weight excluding hydrogens is 248 g/mol. The molecule has 7 nitrogen and oxygen atoms in total. The highest BCUT2D eigenvalue weighted by atomic mass is 35.5. The van der Waals surface area contributed by atoms with Crippen LogP contribution in [0.4, 0.5) is 5.82 Å². The lowest BCUT2D eigenvalue weighted by Crippen LogP contribution is -2.12. The van der Waals surface area contributed by atoms with Gasteiger partial charge in [0.1, 0.15) is 10.8 Å². The van der Waals surface area contributed by atoms with Crippen LogP contribution in [-0.4, -0.2) is 26.8 Å². The second-order valence-corrected chi connectivity index (χ2v) is 3.94. The minimum Gasteiger partial charge on any atom is -0.476 e. The van der Waals surface area contributed by atoms with Gasteiger partial charge in [0.25, 0.3) is 0 Å². The molecule has 2 heterocycles. The summed E-state index contributed by atoms with van der Waals surface area (Å²) in [5.74, 6) is -1.17. The van der Waals surface area contributed by atoms with E-state index >= 15 is 0 Å². The maximum absolute atomic E-state index is 10.9. The molecule has 1 atom stereocenters. The topological polar surface area (TPSA) is 111 Å². The van der Waals surface area contributed by atoms with Gasteiger partial charge in [-0.1, -0.05) is 16.8 Å². The van der Waals surface area contributed by atoms with Crippen LogP contribution in [0.2, 0.25) is 5.02 Å². The van der Waals surface area contributed by atoms with Crippen molar-refractivity contribution in [1.29, 1.82) is 0 Å². The summed E-state index contributed by atoms with van der Waals surface area (Å²) in [6, 6.07) is 0. The lowest BCUT2D eigenvalue weighted by molar-refractivity contribution is 0.0679. The van der Waals surface area contributed by atoms with Crippen molar-refractivity contribution in [3.8, 4) is 0 Å². The van der Waals surface area contributed by atoms with E-state index in [9.17, 15) is 4.79 Å². The lowest BCUT2D eigenvalue weighted by Gasteiger charge is -2.09. The van der Waals surface area contributed by atoms with E-state index in [2.05, 4.69) is 15.1 Å². The Morgan fingerprint density at radius 3 is 2.82 bits per heavy atom. The van der Waals surface area contributed by atoms with Gasteiger partial charge in [0.2, 0.25) is 0 Å². The molecule has 1 aromatic rings. The number of carboxylic acid groups (broad SMARTS) is 1. The zero-order valence-corrected chi connectivity index (χ0v) is 9.60. The second kappa shape index (κ2) is 4.17. The molecule has 0 aromatic carbocycles. The van der Waals surface area contributed by atoms with Crippen molar-refractivity contribution in [2.24, 2.45) is 5.16 Å². The Morgan fingerprint density at radius 1 is 1.59 bits per heavy atom. The maximum Gasteiger partial charge on any atom is 0.356 e. The minimum atomic E-state index is -1.26. The number of aromatic carboxylic acids is 1. The van der Waals surface area contributed by atoms with E-state index in [0.29, 0.717) is 6.42 Å². The average Bonchev–Trinajstić information content (AvgIpc) is 2.68. The Labute approximate surface area is 101 Å². The molecule has 17 heavy (non-hydrogen) atoms. The maximum atomic E-state index is 10.9. The summed E-state index contributed by atoms with van der Waals surface area (Å²) in [7, 11) is 0. The van der Waals surface area contributed by atoms with Gasteiger partial charge in [0, 0.05) is 6.42 Å². The van der Waals surface area contributed by atoms with Crippen LogP contribution >= 0.6 is 11.6 Å². The van der Waals surface area contributed by atoms with E-state index < -0.39 is 12.1 Å². The van der Waals surface area contributed by atoms with Gasteiger partial charge in [0.15, 0.2) is 17.6 Å². The van der Waals surface area contributed by atoms with Crippen molar-refractivity contribution < 1.29 is 14.7 Å². The van der Waals surface area contributed by atoms with Crippen molar-refractivity contribution >= 4 is 29.1 Å². The summed E-state index contributed by atoms with van der Waals surface area (Å²) in [6.07, 6.45) is -0.00666. The second-order valence-electron chi connectivity index (χ2n) is 3.56. The van der Waals surface area contributed by atoms with Crippen molar-refractivity contribution in [1.82, 2.24) is 9.97 Å². The van der Waals surface area contributed by atoms with E-state index in [1.807, 2.05) is 0 Å². The number of hydrogen-bond acceptors (Lipinski definition) is 6. The molecule has 0 aliphatic carbocycles. The first-order valence-corrected chi connectivity index (χ1v) is 5.12. The van der Waals surface area contributed by atoms with Crippen LogP contribution in [0.25, 0.3) is 0 Å². The quantitative estimate of drug-likeness (QED) is 0.824. The third-order valence-corrected chi connectivity index (χ3v) is 2.57. The summed E-state index contributed by atoms with van der Waals surface area (Å²) in [5.41, 5.74) is 5.97. The molecule has 2 rings (SSSR count). The van der Waals surface area contributed by atoms with Crippen molar-refractivity contribution in [2.75, 3.05) is 5.73 Å². The van der Waals surface area contributed by atoms with Crippen LogP contribution in [0, 0.1) is 0 Å². The number of aromatic nitrogens is 2. The average molecular weight is 257 g/mol. The van der Waals surface area contributed by atoms with Crippen LogP contribution in [-0.2, 0) is 4.84 Å². The lowest BCUT2D eigenvalue weighted by atomic mass is 10.2. The number of carbonyl (C=O) groups is 1. The fraction of sp³-hybridized carbons (Fsp3) is 0.333. The summed E-state index contributed by atoms with van der Waals surface area (Å²) in [5, 5.41) is 12.5. The van der Waals surface area contributed by atoms with E-state index in [1.54, 1.807) is 6.92 Å².